The van der Waals surface area contributed by atoms with E-state index in [0.717, 1.165) is 25.7 Å². The molecule has 1 N–H and O–H groups in total. The van der Waals surface area contributed by atoms with E-state index in [0.29, 0.717) is 12.0 Å². The minimum absolute atomic E-state index is 0.239. The molecule has 1 heterocycles. The molecule has 0 aromatic heterocycles. The molecule has 3 atom stereocenters. The summed E-state index contributed by atoms with van der Waals surface area (Å²) < 4.78 is 5.98. The van der Waals surface area contributed by atoms with E-state index in [2.05, 4.69) is 37.3 Å². The van der Waals surface area contributed by atoms with Gasteiger partial charge in [0.25, 0.3) is 0 Å². The molecule has 0 unspecified atom stereocenters. The van der Waals surface area contributed by atoms with Crippen molar-refractivity contribution in [3.05, 3.63) is 35.9 Å². The number of aliphatic hydroxyl groups is 1. The number of rotatable bonds is 5. The molecular weight excluding hydrogens is 212 g/mol. The van der Waals surface area contributed by atoms with Gasteiger partial charge in [0.2, 0.25) is 0 Å². The SMILES string of the molecule is C[C@@H]1C[C@H](CCO)O[C@@H]1CCc1ccccc1. The van der Waals surface area contributed by atoms with Crippen molar-refractivity contribution in [2.75, 3.05) is 6.61 Å². The highest BCUT2D eigenvalue weighted by molar-refractivity contribution is 5.14. The zero-order valence-corrected chi connectivity index (χ0v) is 10.5. The summed E-state index contributed by atoms with van der Waals surface area (Å²) >= 11 is 0. The molecule has 0 amide bonds. The molecular formula is C15H22O2. The Morgan fingerprint density at radius 2 is 2.00 bits per heavy atom. The van der Waals surface area contributed by atoms with Crippen LogP contribution in [0.1, 0.15) is 31.7 Å². The van der Waals surface area contributed by atoms with Gasteiger partial charge < -0.3 is 9.84 Å². The lowest BCUT2D eigenvalue weighted by Crippen LogP contribution is -2.15. The van der Waals surface area contributed by atoms with Crippen molar-refractivity contribution in [3.63, 3.8) is 0 Å². The van der Waals surface area contributed by atoms with E-state index < -0.39 is 0 Å². The molecule has 0 bridgehead atoms. The van der Waals surface area contributed by atoms with Gasteiger partial charge in [0, 0.05) is 6.61 Å². The predicted molar refractivity (Wildman–Crippen MR) is 68.9 cm³/mol. The van der Waals surface area contributed by atoms with E-state index in [-0.39, 0.29) is 12.7 Å². The normalized spacial score (nSPS) is 28.5. The summed E-state index contributed by atoms with van der Waals surface area (Å²) in [6.45, 7) is 2.50. The molecule has 94 valence electrons. The molecule has 1 aliphatic rings. The number of hydrogen-bond acceptors (Lipinski definition) is 2. The van der Waals surface area contributed by atoms with Gasteiger partial charge in [0.05, 0.1) is 12.2 Å². The smallest absolute Gasteiger partial charge is 0.0608 e. The second-order valence-electron chi connectivity index (χ2n) is 5.05. The van der Waals surface area contributed by atoms with Crippen LogP contribution in [0.3, 0.4) is 0 Å². The van der Waals surface area contributed by atoms with Gasteiger partial charge in [0.15, 0.2) is 0 Å². The molecule has 0 radical (unpaired) electrons. The number of benzene rings is 1. The number of aliphatic hydroxyl groups excluding tert-OH is 1. The Balaban J connectivity index is 1.80. The van der Waals surface area contributed by atoms with Crippen LogP contribution in [0, 0.1) is 5.92 Å². The Hall–Kier alpha value is -0.860. The average Bonchev–Trinajstić information content (AvgIpc) is 2.69. The first-order valence-electron chi connectivity index (χ1n) is 6.60. The summed E-state index contributed by atoms with van der Waals surface area (Å²) in [5.41, 5.74) is 1.38. The topological polar surface area (TPSA) is 29.5 Å². The van der Waals surface area contributed by atoms with Crippen molar-refractivity contribution >= 4 is 0 Å². The van der Waals surface area contributed by atoms with Gasteiger partial charge >= 0.3 is 0 Å². The lowest BCUT2D eigenvalue weighted by atomic mass is 9.96. The van der Waals surface area contributed by atoms with Gasteiger partial charge in [-0.15, -0.1) is 0 Å². The molecule has 0 aliphatic carbocycles. The average molecular weight is 234 g/mol. The van der Waals surface area contributed by atoms with Gasteiger partial charge in [-0.2, -0.15) is 0 Å². The molecule has 0 saturated carbocycles. The maximum Gasteiger partial charge on any atom is 0.0608 e. The van der Waals surface area contributed by atoms with E-state index >= 15 is 0 Å². The van der Waals surface area contributed by atoms with Crippen LogP contribution in [0.15, 0.2) is 30.3 Å². The largest absolute Gasteiger partial charge is 0.396 e. The fraction of sp³-hybridized carbons (Fsp3) is 0.600. The Bertz CT molecular complexity index is 323. The Morgan fingerprint density at radius 3 is 2.71 bits per heavy atom. The first-order valence-corrected chi connectivity index (χ1v) is 6.60. The molecule has 2 heteroatoms. The second-order valence-corrected chi connectivity index (χ2v) is 5.05. The molecule has 0 spiro atoms. The standard InChI is InChI=1S/C15H22O2/c1-12-11-14(9-10-16)17-15(12)8-7-13-5-3-2-4-6-13/h2-6,12,14-16H,7-11H2,1H3/t12-,14+,15-/m1/s1. The maximum absolute atomic E-state index is 8.93. The van der Waals surface area contributed by atoms with E-state index in [1.807, 2.05) is 0 Å². The molecule has 1 aromatic carbocycles. The minimum atomic E-state index is 0.239. The molecule has 1 aliphatic heterocycles. The third-order valence-electron chi connectivity index (χ3n) is 3.65. The molecule has 2 nitrogen and oxygen atoms in total. The van der Waals surface area contributed by atoms with E-state index in [1.165, 1.54) is 5.56 Å². The number of ether oxygens (including phenoxy) is 1. The highest BCUT2D eigenvalue weighted by atomic mass is 16.5. The van der Waals surface area contributed by atoms with Gasteiger partial charge in [-0.25, -0.2) is 0 Å². The van der Waals surface area contributed by atoms with Crippen molar-refractivity contribution in [3.8, 4) is 0 Å². The molecule has 1 saturated heterocycles. The molecule has 17 heavy (non-hydrogen) atoms. The second kappa shape index (κ2) is 6.18. The third-order valence-corrected chi connectivity index (χ3v) is 3.65. The molecule has 1 aromatic rings. The van der Waals surface area contributed by atoms with Crippen molar-refractivity contribution in [2.45, 2.75) is 44.8 Å². The monoisotopic (exact) mass is 234 g/mol. The summed E-state index contributed by atoms with van der Waals surface area (Å²) in [5.74, 6) is 0.621. The molecule has 2 rings (SSSR count). The maximum atomic E-state index is 8.93. The van der Waals surface area contributed by atoms with Crippen LogP contribution < -0.4 is 0 Å². The fourth-order valence-electron chi connectivity index (χ4n) is 2.64. The van der Waals surface area contributed by atoms with Gasteiger partial charge in [-0.05, 0) is 37.2 Å². The highest BCUT2D eigenvalue weighted by Crippen LogP contribution is 2.30. The minimum Gasteiger partial charge on any atom is -0.396 e. The number of aryl methyl sites for hydroxylation is 1. The van der Waals surface area contributed by atoms with Crippen molar-refractivity contribution < 1.29 is 9.84 Å². The third kappa shape index (κ3) is 3.55. The summed E-state index contributed by atoms with van der Waals surface area (Å²) in [4.78, 5) is 0. The van der Waals surface area contributed by atoms with Gasteiger partial charge in [-0.3, -0.25) is 0 Å². The summed E-state index contributed by atoms with van der Waals surface area (Å²) in [6.07, 6.45) is 4.70. The summed E-state index contributed by atoms with van der Waals surface area (Å²) in [5, 5.41) is 8.93. The quantitative estimate of drug-likeness (QED) is 0.849. The zero-order valence-electron chi connectivity index (χ0n) is 10.5. The zero-order chi connectivity index (χ0) is 12.1. The van der Waals surface area contributed by atoms with E-state index in [9.17, 15) is 0 Å². The first-order chi connectivity index (χ1) is 8.29. The lowest BCUT2D eigenvalue weighted by molar-refractivity contribution is 0.0198. The summed E-state index contributed by atoms with van der Waals surface area (Å²) in [6, 6.07) is 10.6. The number of hydrogen-bond donors (Lipinski definition) is 1. The van der Waals surface area contributed by atoms with Gasteiger partial charge in [-0.1, -0.05) is 37.3 Å². The van der Waals surface area contributed by atoms with Crippen molar-refractivity contribution in [1.29, 1.82) is 0 Å². The predicted octanol–water partition coefficient (Wildman–Crippen LogP) is 2.80. The highest BCUT2D eigenvalue weighted by Gasteiger charge is 2.31. The van der Waals surface area contributed by atoms with Crippen LogP contribution in [0.4, 0.5) is 0 Å². The molecule has 1 fully saturated rings. The van der Waals surface area contributed by atoms with E-state index in [4.69, 9.17) is 9.84 Å². The fourth-order valence-corrected chi connectivity index (χ4v) is 2.64. The van der Waals surface area contributed by atoms with Crippen LogP contribution in [-0.2, 0) is 11.2 Å². The summed E-state index contributed by atoms with van der Waals surface area (Å²) in [7, 11) is 0. The van der Waals surface area contributed by atoms with Gasteiger partial charge in [0.1, 0.15) is 0 Å². The Morgan fingerprint density at radius 1 is 1.24 bits per heavy atom. The Kier molecular flexibility index (Phi) is 4.57. The van der Waals surface area contributed by atoms with Crippen LogP contribution in [-0.4, -0.2) is 23.9 Å². The van der Waals surface area contributed by atoms with Crippen LogP contribution in [0.25, 0.3) is 0 Å². The van der Waals surface area contributed by atoms with E-state index in [1.54, 1.807) is 0 Å². The van der Waals surface area contributed by atoms with Crippen LogP contribution in [0.5, 0.6) is 0 Å². The Labute approximate surface area is 104 Å². The lowest BCUT2D eigenvalue weighted by Gasteiger charge is -2.15. The van der Waals surface area contributed by atoms with Crippen LogP contribution >= 0.6 is 0 Å². The van der Waals surface area contributed by atoms with Crippen molar-refractivity contribution in [1.82, 2.24) is 0 Å². The van der Waals surface area contributed by atoms with Crippen LogP contribution in [0.2, 0.25) is 0 Å². The van der Waals surface area contributed by atoms with Crippen molar-refractivity contribution in [2.24, 2.45) is 5.92 Å². The first kappa shape index (κ1) is 12.6.